The predicted octanol–water partition coefficient (Wildman–Crippen LogP) is 2.85. The van der Waals surface area contributed by atoms with Gasteiger partial charge in [0.15, 0.2) is 17.6 Å². The summed E-state index contributed by atoms with van der Waals surface area (Å²) in [5.74, 6) is -0.786. The van der Waals surface area contributed by atoms with Crippen LogP contribution in [-0.2, 0) is 9.53 Å². The predicted molar refractivity (Wildman–Crippen MR) is 101 cm³/mol. The van der Waals surface area contributed by atoms with E-state index in [0.717, 1.165) is 31.7 Å². The number of nitrogens with zero attached hydrogens (tertiary/aromatic N) is 1. The lowest BCUT2D eigenvalue weighted by atomic mass is 9.86. The van der Waals surface area contributed by atoms with Crippen molar-refractivity contribution in [2.45, 2.75) is 51.7 Å². The molecule has 1 fully saturated rings. The SMILES string of the molecule is COc1cc(C(=O)O[C@H](C)C(=O)N[C@@H]2CCCC[C@@H]2C)c([N+](=O)[O-])cc1OC. The van der Waals surface area contributed by atoms with E-state index >= 15 is 0 Å². The molecule has 1 saturated carbocycles. The third-order valence-electron chi connectivity index (χ3n) is 5.01. The van der Waals surface area contributed by atoms with Gasteiger partial charge in [-0.25, -0.2) is 4.79 Å². The molecule has 0 aromatic heterocycles. The third-order valence-corrected chi connectivity index (χ3v) is 5.01. The number of methoxy groups -OCH3 is 2. The van der Waals surface area contributed by atoms with E-state index in [1.165, 1.54) is 27.2 Å². The number of amides is 1. The highest BCUT2D eigenvalue weighted by molar-refractivity contribution is 5.96. The van der Waals surface area contributed by atoms with Gasteiger partial charge >= 0.3 is 5.97 Å². The van der Waals surface area contributed by atoms with Crippen molar-refractivity contribution in [3.05, 3.63) is 27.8 Å². The minimum absolute atomic E-state index is 0.0396. The number of nitro benzene ring substituents is 1. The molecule has 28 heavy (non-hydrogen) atoms. The molecular formula is C19H26N2O7. The second-order valence-corrected chi connectivity index (χ2v) is 6.91. The lowest BCUT2D eigenvalue weighted by molar-refractivity contribution is -0.385. The molecule has 0 aliphatic heterocycles. The number of carbonyl (C=O) groups excluding carboxylic acids is 2. The van der Waals surface area contributed by atoms with Crippen molar-refractivity contribution in [1.82, 2.24) is 5.32 Å². The maximum absolute atomic E-state index is 12.5. The van der Waals surface area contributed by atoms with Crippen LogP contribution < -0.4 is 14.8 Å². The first-order valence-corrected chi connectivity index (χ1v) is 9.20. The zero-order chi connectivity index (χ0) is 20.8. The molecule has 1 aliphatic rings. The molecule has 9 heteroatoms. The molecule has 0 unspecified atom stereocenters. The average molecular weight is 394 g/mol. The number of nitrogens with one attached hydrogen (secondary N) is 1. The molecule has 154 valence electrons. The molecule has 9 nitrogen and oxygen atoms in total. The van der Waals surface area contributed by atoms with Crippen LogP contribution in [0, 0.1) is 16.0 Å². The largest absolute Gasteiger partial charge is 0.493 e. The van der Waals surface area contributed by atoms with Crippen LogP contribution in [-0.4, -0.2) is 43.2 Å². The first kappa shape index (κ1) is 21.5. The van der Waals surface area contributed by atoms with Crippen molar-refractivity contribution in [1.29, 1.82) is 0 Å². The van der Waals surface area contributed by atoms with Crippen molar-refractivity contribution >= 4 is 17.6 Å². The Morgan fingerprint density at radius 1 is 1.18 bits per heavy atom. The monoisotopic (exact) mass is 394 g/mol. The van der Waals surface area contributed by atoms with Gasteiger partial charge in [-0.05, 0) is 25.7 Å². The third kappa shape index (κ3) is 4.90. The number of nitro groups is 1. The molecule has 0 bridgehead atoms. The molecule has 1 aliphatic carbocycles. The first-order chi connectivity index (χ1) is 13.3. The summed E-state index contributed by atoms with van der Waals surface area (Å²) >= 11 is 0. The van der Waals surface area contributed by atoms with E-state index in [4.69, 9.17) is 14.2 Å². The maximum atomic E-state index is 12.5. The van der Waals surface area contributed by atoms with Crippen LogP contribution in [0.2, 0.25) is 0 Å². The summed E-state index contributed by atoms with van der Waals surface area (Å²) < 4.78 is 15.3. The standard InChI is InChI=1S/C19H26N2O7/c1-11-7-5-6-8-14(11)20-18(22)12(2)28-19(23)13-9-16(26-3)17(27-4)10-15(13)21(24)25/h9-12,14H,5-8H2,1-4H3,(H,20,22)/t11-,12+,14+/m0/s1. The summed E-state index contributed by atoms with van der Waals surface area (Å²) in [4.78, 5) is 35.5. The van der Waals surface area contributed by atoms with E-state index in [1.54, 1.807) is 0 Å². The fourth-order valence-corrected chi connectivity index (χ4v) is 3.29. The smallest absolute Gasteiger partial charge is 0.346 e. The van der Waals surface area contributed by atoms with Gasteiger partial charge in [0.25, 0.3) is 11.6 Å². The van der Waals surface area contributed by atoms with Crippen LogP contribution in [0.4, 0.5) is 5.69 Å². The average Bonchev–Trinajstić information content (AvgIpc) is 2.68. The summed E-state index contributed by atoms with van der Waals surface area (Å²) in [7, 11) is 2.68. The number of esters is 1. The van der Waals surface area contributed by atoms with Crippen molar-refractivity contribution in [3.63, 3.8) is 0 Å². The topological polar surface area (TPSA) is 117 Å². The molecular weight excluding hydrogens is 368 g/mol. The normalized spacial score (nSPS) is 20.0. The van der Waals surface area contributed by atoms with Gasteiger partial charge < -0.3 is 19.5 Å². The van der Waals surface area contributed by atoms with Crippen molar-refractivity contribution in [2.75, 3.05) is 14.2 Å². The van der Waals surface area contributed by atoms with Gasteiger partial charge in [-0.15, -0.1) is 0 Å². The van der Waals surface area contributed by atoms with E-state index in [9.17, 15) is 19.7 Å². The Bertz CT molecular complexity index is 750. The van der Waals surface area contributed by atoms with Gasteiger partial charge in [-0.1, -0.05) is 19.8 Å². The zero-order valence-corrected chi connectivity index (χ0v) is 16.5. The number of benzene rings is 1. The molecule has 3 atom stereocenters. The van der Waals surface area contributed by atoms with Crippen LogP contribution in [0.5, 0.6) is 11.5 Å². The van der Waals surface area contributed by atoms with Crippen LogP contribution in [0.3, 0.4) is 0 Å². The second-order valence-electron chi connectivity index (χ2n) is 6.91. The van der Waals surface area contributed by atoms with Gasteiger partial charge in [-0.3, -0.25) is 14.9 Å². The fourth-order valence-electron chi connectivity index (χ4n) is 3.29. The Morgan fingerprint density at radius 2 is 1.79 bits per heavy atom. The lowest BCUT2D eigenvalue weighted by Gasteiger charge is -2.30. The van der Waals surface area contributed by atoms with Gasteiger partial charge in [0.05, 0.1) is 25.2 Å². The number of hydrogen-bond acceptors (Lipinski definition) is 7. The Hall–Kier alpha value is -2.84. The van der Waals surface area contributed by atoms with Crippen LogP contribution in [0.15, 0.2) is 12.1 Å². The van der Waals surface area contributed by atoms with E-state index in [-0.39, 0.29) is 23.1 Å². The molecule has 1 aromatic carbocycles. The van der Waals surface area contributed by atoms with Gasteiger partial charge in [0.2, 0.25) is 0 Å². The van der Waals surface area contributed by atoms with Gasteiger partial charge in [0.1, 0.15) is 5.56 Å². The molecule has 0 saturated heterocycles. The Morgan fingerprint density at radius 3 is 2.36 bits per heavy atom. The number of rotatable bonds is 7. The second kappa shape index (κ2) is 9.38. The Balaban J connectivity index is 2.14. The first-order valence-electron chi connectivity index (χ1n) is 9.20. The zero-order valence-electron chi connectivity index (χ0n) is 16.5. The van der Waals surface area contributed by atoms with E-state index in [2.05, 4.69) is 12.2 Å². The van der Waals surface area contributed by atoms with E-state index in [1.807, 2.05) is 0 Å². The van der Waals surface area contributed by atoms with Gasteiger partial charge in [-0.2, -0.15) is 0 Å². The van der Waals surface area contributed by atoms with E-state index < -0.39 is 28.6 Å². The van der Waals surface area contributed by atoms with Crippen molar-refractivity contribution in [3.8, 4) is 11.5 Å². The highest BCUT2D eigenvalue weighted by Crippen LogP contribution is 2.35. The highest BCUT2D eigenvalue weighted by atomic mass is 16.6. The van der Waals surface area contributed by atoms with Crippen molar-refractivity contribution in [2.24, 2.45) is 5.92 Å². The highest BCUT2D eigenvalue weighted by Gasteiger charge is 2.30. The van der Waals surface area contributed by atoms with E-state index in [0.29, 0.717) is 5.92 Å². The lowest BCUT2D eigenvalue weighted by Crippen LogP contribution is -2.46. The summed E-state index contributed by atoms with van der Waals surface area (Å²) in [6.45, 7) is 3.51. The molecule has 0 heterocycles. The molecule has 1 N–H and O–H groups in total. The maximum Gasteiger partial charge on any atom is 0.346 e. The Kier molecular flexibility index (Phi) is 7.19. The van der Waals surface area contributed by atoms with Crippen molar-refractivity contribution < 1.29 is 28.7 Å². The molecule has 0 spiro atoms. The molecule has 2 rings (SSSR count). The van der Waals surface area contributed by atoms with Crippen LogP contribution in [0.25, 0.3) is 0 Å². The number of hydrogen-bond donors (Lipinski definition) is 1. The minimum atomic E-state index is -1.09. The summed E-state index contributed by atoms with van der Waals surface area (Å²) in [5, 5.41) is 14.2. The van der Waals surface area contributed by atoms with Gasteiger partial charge in [0, 0.05) is 12.1 Å². The Labute approximate surface area is 163 Å². The molecule has 1 aromatic rings. The van der Waals surface area contributed by atoms with Crippen LogP contribution >= 0.6 is 0 Å². The fraction of sp³-hybridized carbons (Fsp3) is 0.579. The molecule has 0 radical (unpaired) electrons. The quantitative estimate of drug-likeness (QED) is 0.429. The van der Waals surface area contributed by atoms with Crippen LogP contribution in [0.1, 0.15) is 49.9 Å². The number of carbonyl (C=O) groups is 2. The molecule has 1 amide bonds. The summed E-state index contributed by atoms with van der Waals surface area (Å²) in [5.41, 5.74) is -0.801. The number of ether oxygens (including phenoxy) is 3. The summed E-state index contributed by atoms with van der Waals surface area (Å²) in [6.07, 6.45) is 3.02. The minimum Gasteiger partial charge on any atom is -0.493 e. The summed E-state index contributed by atoms with van der Waals surface area (Å²) in [6, 6.07) is 2.30.